The Balaban J connectivity index is 1.36. The third kappa shape index (κ3) is 4.19. The lowest BCUT2D eigenvalue weighted by molar-refractivity contribution is -0.157. The molecular formula is C26H30N2O5. The fourth-order valence-corrected chi connectivity index (χ4v) is 5.02. The molecule has 2 N–H and O–H groups in total. The van der Waals surface area contributed by atoms with Gasteiger partial charge in [0.25, 0.3) is 0 Å². The molecule has 7 nitrogen and oxygen atoms in total. The van der Waals surface area contributed by atoms with Crippen LogP contribution in [0.25, 0.3) is 11.1 Å². The van der Waals surface area contributed by atoms with Crippen molar-refractivity contribution >= 4 is 18.0 Å². The van der Waals surface area contributed by atoms with E-state index in [0.29, 0.717) is 25.8 Å². The second kappa shape index (κ2) is 9.25. The summed E-state index contributed by atoms with van der Waals surface area (Å²) in [6, 6.07) is 16.2. The smallest absolute Gasteiger partial charge is 0.407 e. The van der Waals surface area contributed by atoms with Gasteiger partial charge in [-0.1, -0.05) is 55.5 Å². The lowest BCUT2D eigenvalue weighted by Gasteiger charge is -2.33. The molecule has 0 spiro atoms. The molecule has 2 aliphatic rings. The number of fused-ring (bicyclic) bond motifs is 3. The molecule has 2 aromatic carbocycles. The fourth-order valence-electron chi connectivity index (χ4n) is 5.02. The van der Waals surface area contributed by atoms with Crippen LogP contribution < -0.4 is 5.32 Å². The summed E-state index contributed by atoms with van der Waals surface area (Å²) in [5, 5.41) is 12.3. The van der Waals surface area contributed by atoms with Gasteiger partial charge in [0.05, 0.1) is 5.92 Å². The van der Waals surface area contributed by atoms with Crippen molar-refractivity contribution in [2.75, 3.05) is 19.7 Å². The Hall–Kier alpha value is -3.35. The molecular weight excluding hydrogens is 420 g/mol. The zero-order valence-corrected chi connectivity index (χ0v) is 19.0. The van der Waals surface area contributed by atoms with Crippen LogP contribution in [0.2, 0.25) is 0 Å². The summed E-state index contributed by atoms with van der Waals surface area (Å²) in [7, 11) is 0. The number of alkyl carbamates (subject to hydrolysis) is 1. The number of carboxylic acid groups (broad SMARTS) is 1. The minimum absolute atomic E-state index is 0.0346. The van der Waals surface area contributed by atoms with Gasteiger partial charge in [0, 0.05) is 19.0 Å². The number of aliphatic carboxylic acids is 1. The van der Waals surface area contributed by atoms with E-state index in [9.17, 15) is 19.5 Å². The molecule has 174 valence electrons. The summed E-state index contributed by atoms with van der Waals surface area (Å²) in [5.41, 5.74) is 3.40. The molecule has 2 amide bonds. The number of carbonyl (C=O) groups excluding carboxylic acids is 2. The molecule has 0 bridgehead atoms. The van der Waals surface area contributed by atoms with Gasteiger partial charge in [0.15, 0.2) is 0 Å². The zero-order valence-electron chi connectivity index (χ0n) is 19.0. The van der Waals surface area contributed by atoms with Gasteiger partial charge in [-0.3, -0.25) is 4.79 Å². The topological polar surface area (TPSA) is 95.9 Å². The molecule has 1 saturated heterocycles. The second-order valence-corrected chi connectivity index (χ2v) is 8.98. The van der Waals surface area contributed by atoms with Gasteiger partial charge in [-0.2, -0.15) is 0 Å². The van der Waals surface area contributed by atoms with E-state index >= 15 is 0 Å². The highest BCUT2D eigenvalue weighted by Crippen LogP contribution is 2.44. The molecule has 33 heavy (non-hydrogen) atoms. The van der Waals surface area contributed by atoms with Crippen molar-refractivity contribution in [3.63, 3.8) is 0 Å². The Kier molecular flexibility index (Phi) is 6.40. The van der Waals surface area contributed by atoms with Crippen molar-refractivity contribution in [1.29, 1.82) is 0 Å². The number of likely N-dealkylation sites (tertiary alicyclic amines) is 1. The highest BCUT2D eigenvalue weighted by molar-refractivity contribution is 5.89. The number of amides is 2. The van der Waals surface area contributed by atoms with E-state index in [2.05, 4.69) is 29.6 Å². The van der Waals surface area contributed by atoms with E-state index in [1.807, 2.05) is 31.2 Å². The standard InChI is InChI=1S/C26H30N2O5/c1-3-17(23(29)28-14-8-13-26(28,2)24(30)31)15-27-25(32)33-16-22-20-11-6-4-9-18(20)19-10-5-7-12-21(19)22/h4-7,9-12,17,22H,3,8,13-16H2,1-2H3,(H,27,32)(H,30,31)/t17?,26-/m1/s1. The predicted molar refractivity (Wildman–Crippen MR) is 124 cm³/mol. The normalized spacial score (nSPS) is 20.1. The number of carbonyl (C=O) groups is 3. The van der Waals surface area contributed by atoms with E-state index in [-0.39, 0.29) is 25.0 Å². The molecule has 1 heterocycles. The monoisotopic (exact) mass is 450 g/mol. The van der Waals surface area contributed by atoms with Crippen LogP contribution in [0, 0.1) is 5.92 Å². The fraction of sp³-hybridized carbons (Fsp3) is 0.423. The summed E-state index contributed by atoms with van der Waals surface area (Å²) in [4.78, 5) is 38.7. The quantitative estimate of drug-likeness (QED) is 0.664. The summed E-state index contributed by atoms with van der Waals surface area (Å²) in [6.07, 6.45) is 1.01. The Morgan fingerprint density at radius 3 is 2.30 bits per heavy atom. The number of nitrogens with one attached hydrogen (secondary N) is 1. The summed E-state index contributed by atoms with van der Waals surface area (Å²) >= 11 is 0. The summed E-state index contributed by atoms with van der Waals surface area (Å²) in [6.45, 7) is 4.18. The van der Waals surface area contributed by atoms with Crippen molar-refractivity contribution in [2.45, 2.75) is 44.6 Å². The number of ether oxygens (including phenoxy) is 1. The average Bonchev–Trinajstić information content (AvgIpc) is 3.37. The van der Waals surface area contributed by atoms with Gasteiger partial charge in [-0.15, -0.1) is 0 Å². The first kappa shape index (κ1) is 22.8. The maximum atomic E-state index is 13.0. The van der Waals surface area contributed by atoms with E-state index in [1.165, 1.54) is 4.90 Å². The second-order valence-electron chi connectivity index (χ2n) is 8.98. The Morgan fingerprint density at radius 1 is 1.12 bits per heavy atom. The summed E-state index contributed by atoms with van der Waals surface area (Å²) in [5.74, 6) is -1.76. The Bertz CT molecular complexity index is 1020. The summed E-state index contributed by atoms with van der Waals surface area (Å²) < 4.78 is 5.55. The molecule has 2 atom stereocenters. The third-order valence-corrected chi connectivity index (χ3v) is 7.05. The van der Waals surface area contributed by atoms with Crippen LogP contribution in [-0.2, 0) is 14.3 Å². The van der Waals surface area contributed by atoms with E-state index in [4.69, 9.17) is 4.74 Å². The van der Waals surface area contributed by atoms with Gasteiger partial charge in [-0.05, 0) is 48.4 Å². The first-order chi connectivity index (χ1) is 15.9. The average molecular weight is 451 g/mol. The highest BCUT2D eigenvalue weighted by Gasteiger charge is 2.47. The number of rotatable bonds is 7. The minimum Gasteiger partial charge on any atom is -0.480 e. The van der Waals surface area contributed by atoms with Gasteiger partial charge >= 0.3 is 12.1 Å². The molecule has 0 radical (unpaired) electrons. The molecule has 1 unspecified atom stereocenters. The number of hydrogen-bond donors (Lipinski definition) is 2. The molecule has 7 heteroatoms. The zero-order chi connectivity index (χ0) is 23.6. The lowest BCUT2D eigenvalue weighted by Crippen LogP contribution is -2.53. The Morgan fingerprint density at radius 2 is 1.73 bits per heavy atom. The highest BCUT2D eigenvalue weighted by atomic mass is 16.5. The van der Waals surface area contributed by atoms with Crippen molar-refractivity contribution in [3.05, 3.63) is 59.7 Å². The number of carboxylic acids is 1. The molecule has 1 aliphatic carbocycles. The molecule has 1 fully saturated rings. The molecule has 1 aliphatic heterocycles. The number of benzene rings is 2. The molecule has 0 aromatic heterocycles. The molecule has 0 saturated carbocycles. The van der Waals surface area contributed by atoms with Crippen LogP contribution in [0.1, 0.15) is 50.2 Å². The van der Waals surface area contributed by atoms with Gasteiger partial charge in [0.2, 0.25) is 5.91 Å². The first-order valence-electron chi connectivity index (χ1n) is 11.5. The van der Waals surface area contributed by atoms with Crippen molar-refractivity contribution in [3.8, 4) is 11.1 Å². The van der Waals surface area contributed by atoms with Crippen LogP contribution in [0.5, 0.6) is 0 Å². The molecule has 2 aromatic rings. The SMILES string of the molecule is CCC(CNC(=O)OCC1c2ccccc2-c2ccccc21)C(=O)N1CCC[C@]1(C)C(=O)O. The maximum absolute atomic E-state index is 13.0. The van der Waals surface area contributed by atoms with Crippen LogP contribution in [-0.4, -0.2) is 53.2 Å². The van der Waals surface area contributed by atoms with Crippen LogP contribution in [0.3, 0.4) is 0 Å². The van der Waals surface area contributed by atoms with E-state index in [1.54, 1.807) is 6.92 Å². The van der Waals surface area contributed by atoms with Crippen molar-refractivity contribution < 1.29 is 24.2 Å². The number of hydrogen-bond acceptors (Lipinski definition) is 4. The Labute approximate surface area is 193 Å². The van der Waals surface area contributed by atoms with Gasteiger partial charge < -0.3 is 20.1 Å². The molecule has 4 rings (SSSR count). The third-order valence-electron chi connectivity index (χ3n) is 7.05. The van der Waals surface area contributed by atoms with Crippen molar-refractivity contribution in [1.82, 2.24) is 10.2 Å². The van der Waals surface area contributed by atoms with Crippen LogP contribution in [0.4, 0.5) is 4.79 Å². The van der Waals surface area contributed by atoms with Gasteiger partial charge in [-0.25, -0.2) is 9.59 Å². The maximum Gasteiger partial charge on any atom is 0.407 e. The largest absolute Gasteiger partial charge is 0.480 e. The predicted octanol–water partition coefficient (Wildman–Crippen LogP) is 4.02. The van der Waals surface area contributed by atoms with Crippen molar-refractivity contribution in [2.24, 2.45) is 5.92 Å². The number of nitrogens with zero attached hydrogens (tertiary/aromatic N) is 1. The lowest BCUT2D eigenvalue weighted by atomic mass is 9.96. The van der Waals surface area contributed by atoms with E-state index in [0.717, 1.165) is 22.3 Å². The first-order valence-corrected chi connectivity index (χ1v) is 11.5. The van der Waals surface area contributed by atoms with E-state index < -0.39 is 23.5 Å². The van der Waals surface area contributed by atoms with Gasteiger partial charge in [0.1, 0.15) is 12.1 Å². The minimum atomic E-state index is -1.19. The van der Waals surface area contributed by atoms with Crippen LogP contribution >= 0.6 is 0 Å². The van der Waals surface area contributed by atoms with Crippen LogP contribution in [0.15, 0.2) is 48.5 Å².